The van der Waals surface area contributed by atoms with Crippen LogP contribution in [0.15, 0.2) is 40.2 Å². The molecule has 1 aromatic carbocycles. The van der Waals surface area contributed by atoms with Crippen LogP contribution in [-0.4, -0.2) is 48.7 Å². The van der Waals surface area contributed by atoms with Crippen molar-refractivity contribution in [2.45, 2.75) is 38.6 Å². The lowest BCUT2D eigenvalue weighted by Gasteiger charge is -2.16. The first-order chi connectivity index (χ1) is 13.5. The number of nitrogens with zero attached hydrogens (tertiary/aromatic N) is 3. The number of hydrogen-bond acceptors (Lipinski definition) is 4. The van der Waals surface area contributed by atoms with Gasteiger partial charge in [-0.3, -0.25) is 9.67 Å². The Labute approximate surface area is 173 Å². The summed E-state index contributed by atoms with van der Waals surface area (Å²) in [7, 11) is 3.53. The first-order valence-corrected chi connectivity index (χ1v) is 10.7. The Morgan fingerprint density at radius 2 is 2.07 bits per heavy atom. The van der Waals surface area contributed by atoms with Crippen LogP contribution < -0.4 is 15.4 Å². The molecule has 0 aliphatic heterocycles. The summed E-state index contributed by atoms with van der Waals surface area (Å²) in [4.78, 5) is 5.50. The summed E-state index contributed by atoms with van der Waals surface area (Å²) in [5.41, 5.74) is 2.28. The Morgan fingerprint density at radius 1 is 1.29 bits per heavy atom. The van der Waals surface area contributed by atoms with Gasteiger partial charge in [0.2, 0.25) is 0 Å². The third-order valence-electron chi connectivity index (χ3n) is 4.38. The first kappa shape index (κ1) is 22.1. The van der Waals surface area contributed by atoms with E-state index in [-0.39, 0.29) is 0 Å². The van der Waals surface area contributed by atoms with Crippen LogP contribution in [0.5, 0.6) is 5.75 Å². The Bertz CT molecular complexity index is 759. The second kappa shape index (κ2) is 11.6. The van der Waals surface area contributed by atoms with Crippen molar-refractivity contribution in [3.8, 4) is 5.75 Å². The van der Waals surface area contributed by atoms with Gasteiger partial charge in [0.1, 0.15) is 5.75 Å². The number of hydrogen-bond donors (Lipinski definition) is 2. The summed E-state index contributed by atoms with van der Waals surface area (Å²) in [5.74, 6) is 3.31. The second-order valence-electron chi connectivity index (χ2n) is 6.95. The van der Waals surface area contributed by atoms with Crippen LogP contribution in [0.25, 0.3) is 0 Å². The summed E-state index contributed by atoms with van der Waals surface area (Å²) in [6, 6.07) is 10.3. The topological polar surface area (TPSA) is 63.5 Å². The smallest absolute Gasteiger partial charge is 0.190 e. The molecule has 1 atom stereocenters. The molecule has 0 aliphatic rings. The fourth-order valence-electron chi connectivity index (χ4n) is 2.86. The minimum atomic E-state index is 0.503. The molecule has 2 rings (SSSR count). The van der Waals surface area contributed by atoms with Crippen molar-refractivity contribution in [3.63, 3.8) is 0 Å². The van der Waals surface area contributed by atoms with Crippen molar-refractivity contribution >= 4 is 17.7 Å². The Balaban J connectivity index is 1.66. The zero-order chi connectivity index (χ0) is 20.4. The highest BCUT2D eigenvalue weighted by Gasteiger charge is 2.08. The van der Waals surface area contributed by atoms with Gasteiger partial charge < -0.3 is 15.4 Å². The van der Waals surface area contributed by atoms with Crippen LogP contribution in [0.2, 0.25) is 0 Å². The number of aliphatic imine (C=N–C) groups is 1. The van der Waals surface area contributed by atoms with Gasteiger partial charge in [0.25, 0.3) is 0 Å². The number of nitrogens with one attached hydrogen (secondary N) is 2. The fourth-order valence-corrected chi connectivity index (χ4v) is 3.91. The number of methoxy groups -OCH3 is 1. The van der Waals surface area contributed by atoms with E-state index in [9.17, 15) is 0 Å². The van der Waals surface area contributed by atoms with E-state index in [1.807, 2.05) is 43.9 Å². The molecule has 0 spiro atoms. The van der Waals surface area contributed by atoms with E-state index in [0.29, 0.717) is 5.92 Å². The fraction of sp³-hybridized carbons (Fsp3) is 0.524. The summed E-state index contributed by atoms with van der Waals surface area (Å²) < 4.78 is 7.48. The van der Waals surface area contributed by atoms with Crippen molar-refractivity contribution in [1.29, 1.82) is 0 Å². The van der Waals surface area contributed by atoms with E-state index in [1.165, 1.54) is 10.6 Å². The monoisotopic (exact) mass is 403 g/mol. The molecular weight excluding hydrogens is 370 g/mol. The van der Waals surface area contributed by atoms with Gasteiger partial charge in [0, 0.05) is 43.0 Å². The number of ether oxygens (including phenoxy) is 1. The van der Waals surface area contributed by atoms with Crippen LogP contribution in [-0.2, 0) is 6.54 Å². The number of rotatable bonds is 10. The highest BCUT2D eigenvalue weighted by Crippen LogP contribution is 2.29. The molecule has 1 aromatic heterocycles. The van der Waals surface area contributed by atoms with Gasteiger partial charge in [-0.15, -0.1) is 11.8 Å². The lowest BCUT2D eigenvalue weighted by molar-refractivity contribution is 0.405. The van der Waals surface area contributed by atoms with Gasteiger partial charge in [-0.2, -0.15) is 5.10 Å². The molecule has 0 amide bonds. The molecular formula is C21H33N5OS. The van der Waals surface area contributed by atoms with E-state index in [2.05, 4.69) is 51.4 Å². The number of aryl methyl sites for hydroxylation is 3. The largest absolute Gasteiger partial charge is 0.496 e. The van der Waals surface area contributed by atoms with Gasteiger partial charge in [0.15, 0.2) is 5.96 Å². The minimum Gasteiger partial charge on any atom is -0.496 e. The molecule has 2 N–H and O–H groups in total. The Hall–Kier alpha value is -2.15. The lowest BCUT2D eigenvalue weighted by Crippen LogP contribution is -2.40. The van der Waals surface area contributed by atoms with Gasteiger partial charge in [-0.05, 0) is 44.4 Å². The number of guanidine groups is 1. The maximum atomic E-state index is 5.42. The zero-order valence-corrected chi connectivity index (χ0v) is 18.5. The maximum absolute atomic E-state index is 5.42. The SMILES string of the molecule is CN=C(NCCCn1nc(C)cc1C)NCC(C)CSc1ccccc1OC. The van der Waals surface area contributed by atoms with Crippen molar-refractivity contribution in [2.24, 2.45) is 10.9 Å². The van der Waals surface area contributed by atoms with Crippen LogP contribution in [0.1, 0.15) is 24.7 Å². The molecule has 28 heavy (non-hydrogen) atoms. The normalized spacial score (nSPS) is 12.7. The molecule has 0 aliphatic carbocycles. The Kier molecular flexibility index (Phi) is 9.20. The molecule has 1 heterocycles. The number of para-hydroxylation sites is 1. The Morgan fingerprint density at radius 3 is 2.75 bits per heavy atom. The number of aromatic nitrogens is 2. The van der Waals surface area contributed by atoms with Gasteiger partial charge in [-0.25, -0.2) is 0 Å². The average molecular weight is 404 g/mol. The van der Waals surface area contributed by atoms with Crippen molar-refractivity contribution in [1.82, 2.24) is 20.4 Å². The highest BCUT2D eigenvalue weighted by molar-refractivity contribution is 7.99. The summed E-state index contributed by atoms with van der Waals surface area (Å²) in [6.07, 6.45) is 1.00. The summed E-state index contributed by atoms with van der Waals surface area (Å²) in [6.45, 7) is 9.02. The molecule has 1 unspecified atom stereocenters. The summed E-state index contributed by atoms with van der Waals surface area (Å²) in [5, 5.41) is 11.3. The molecule has 0 fully saturated rings. The molecule has 154 valence electrons. The highest BCUT2D eigenvalue weighted by atomic mass is 32.2. The molecule has 7 heteroatoms. The molecule has 0 radical (unpaired) electrons. The van der Waals surface area contributed by atoms with E-state index < -0.39 is 0 Å². The van der Waals surface area contributed by atoms with Crippen LogP contribution in [0, 0.1) is 19.8 Å². The second-order valence-corrected chi connectivity index (χ2v) is 8.01. The van der Waals surface area contributed by atoms with Crippen molar-refractivity contribution in [3.05, 3.63) is 41.7 Å². The first-order valence-electron chi connectivity index (χ1n) is 9.75. The number of thioether (sulfide) groups is 1. The van der Waals surface area contributed by atoms with E-state index in [0.717, 1.165) is 49.2 Å². The zero-order valence-electron chi connectivity index (χ0n) is 17.7. The van der Waals surface area contributed by atoms with Crippen LogP contribution >= 0.6 is 11.8 Å². The molecule has 0 bridgehead atoms. The van der Waals surface area contributed by atoms with Crippen LogP contribution in [0.4, 0.5) is 0 Å². The number of benzene rings is 1. The molecule has 6 nitrogen and oxygen atoms in total. The van der Waals surface area contributed by atoms with E-state index in [1.54, 1.807) is 7.11 Å². The van der Waals surface area contributed by atoms with Crippen LogP contribution in [0.3, 0.4) is 0 Å². The molecule has 0 saturated carbocycles. The van der Waals surface area contributed by atoms with E-state index in [4.69, 9.17) is 4.74 Å². The van der Waals surface area contributed by atoms with Crippen molar-refractivity contribution in [2.75, 3.05) is 33.0 Å². The quantitative estimate of drug-likeness (QED) is 0.275. The predicted molar refractivity (Wildman–Crippen MR) is 119 cm³/mol. The van der Waals surface area contributed by atoms with E-state index >= 15 is 0 Å². The third-order valence-corrected chi connectivity index (χ3v) is 5.76. The summed E-state index contributed by atoms with van der Waals surface area (Å²) >= 11 is 1.83. The average Bonchev–Trinajstić information content (AvgIpc) is 3.02. The van der Waals surface area contributed by atoms with Gasteiger partial charge in [0.05, 0.1) is 12.8 Å². The van der Waals surface area contributed by atoms with Gasteiger partial charge in [-0.1, -0.05) is 19.1 Å². The third kappa shape index (κ3) is 7.11. The lowest BCUT2D eigenvalue weighted by atomic mass is 10.2. The molecule has 2 aromatic rings. The minimum absolute atomic E-state index is 0.503. The van der Waals surface area contributed by atoms with Crippen molar-refractivity contribution < 1.29 is 4.74 Å². The van der Waals surface area contributed by atoms with Gasteiger partial charge >= 0.3 is 0 Å². The molecule has 0 saturated heterocycles. The standard InChI is InChI=1S/C21H33N5OS/c1-16(15-28-20-10-7-6-9-19(20)27-5)14-24-21(22-4)23-11-8-12-26-18(3)13-17(2)25-26/h6-7,9-10,13,16H,8,11-12,14-15H2,1-5H3,(H2,22,23,24). The predicted octanol–water partition coefficient (Wildman–Crippen LogP) is 3.49. The maximum Gasteiger partial charge on any atom is 0.190 e.